The quantitative estimate of drug-likeness (QED) is 0.908. The molecule has 3 heterocycles. The summed E-state index contributed by atoms with van der Waals surface area (Å²) >= 11 is 0. The van der Waals surface area contributed by atoms with Crippen molar-refractivity contribution >= 4 is 5.91 Å². The van der Waals surface area contributed by atoms with E-state index in [1.54, 1.807) is 6.20 Å². The minimum absolute atomic E-state index is 0.173. The largest absolute Gasteiger partial charge is 0.336 e. The van der Waals surface area contributed by atoms with Crippen LogP contribution in [0.4, 0.5) is 0 Å². The number of rotatable bonds is 3. The molecule has 2 saturated heterocycles. The zero-order chi connectivity index (χ0) is 15.6. The summed E-state index contributed by atoms with van der Waals surface area (Å²) in [7, 11) is 0. The van der Waals surface area contributed by atoms with Crippen molar-refractivity contribution in [2.45, 2.75) is 44.2 Å². The van der Waals surface area contributed by atoms with Gasteiger partial charge in [0, 0.05) is 51.5 Å². The number of hydrogen-bond donors (Lipinski definition) is 1. The van der Waals surface area contributed by atoms with Gasteiger partial charge >= 0.3 is 0 Å². The van der Waals surface area contributed by atoms with Crippen LogP contribution in [-0.4, -0.2) is 70.8 Å². The van der Waals surface area contributed by atoms with Crippen molar-refractivity contribution < 1.29 is 4.79 Å². The van der Waals surface area contributed by atoms with Gasteiger partial charge in [0.2, 0.25) is 0 Å². The number of amides is 1. The van der Waals surface area contributed by atoms with E-state index in [2.05, 4.69) is 15.3 Å². The molecule has 0 radical (unpaired) electrons. The van der Waals surface area contributed by atoms with Gasteiger partial charge in [-0.05, 0) is 25.3 Å². The van der Waals surface area contributed by atoms with Gasteiger partial charge in [-0.3, -0.25) is 14.4 Å². The highest BCUT2D eigenvalue weighted by molar-refractivity contribution is 5.92. The molecule has 1 atom stereocenters. The molecule has 126 valence electrons. The molecule has 1 aliphatic carbocycles. The Kier molecular flexibility index (Phi) is 4.35. The molecule has 1 amide bonds. The summed E-state index contributed by atoms with van der Waals surface area (Å²) in [5.74, 6) is 0.173. The third-order valence-electron chi connectivity index (χ3n) is 5.68. The van der Waals surface area contributed by atoms with Crippen molar-refractivity contribution in [2.24, 2.45) is 0 Å². The normalized spacial score (nSPS) is 27.0. The number of piperazine rings is 1. The molecule has 0 spiro atoms. The van der Waals surface area contributed by atoms with Crippen molar-refractivity contribution in [2.75, 3.05) is 39.3 Å². The number of hydrogen-bond acceptors (Lipinski definition) is 4. The van der Waals surface area contributed by atoms with Crippen molar-refractivity contribution in [1.29, 1.82) is 0 Å². The molecule has 6 heteroatoms. The second kappa shape index (κ2) is 6.61. The first-order chi connectivity index (χ1) is 11.3. The van der Waals surface area contributed by atoms with E-state index in [0.29, 0.717) is 12.1 Å². The van der Waals surface area contributed by atoms with Crippen LogP contribution in [0.15, 0.2) is 12.3 Å². The van der Waals surface area contributed by atoms with Crippen molar-refractivity contribution in [3.63, 3.8) is 0 Å². The molecule has 0 aromatic carbocycles. The molecular formula is C17H27N5O. The van der Waals surface area contributed by atoms with Gasteiger partial charge in [0.1, 0.15) is 5.69 Å². The van der Waals surface area contributed by atoms with Gasteiger partial charge in [0.15, 0.2) is 0 Å². The lowest BCUT2D eigenvalue weighted by Gasteiger charge is -2.32. The van der Waals surface area contributed by atoms with E-state index >= 15 is 0 Å². The Bertz CT molecular complexity index is 545. The fourth-order valence-electron chi connectivity index (χ4n) is 4.36. The Labute approximate surface area is 137 Å². The van der Waals surface area contributed by atoms with Crippen molar-refractivity contribution in [3.8, 4) is 0 Å². The summed E-state index contributed by atoms with van der Waals surface area (Å²) in [6.45, 7) is 6.09. The summed E-state index contributed by atoms with van der Waals surface area (Å²) in [4.78, 5) is 17.5. The number of nitrogens with zero attached hydrogens (tertiary/aromatic N) is 4. The maximum absolute atomic E-state index is 12.9. The molecule has 1 aromatic heterocycles. The van der Waals surface area contributed by atoms with E-state index in [0.717, 1.165) is 64.2 Å². The molecule has 2 aliphatic heterocycles. The average molecular weight is 317 g/mol. The van der Waals surface area contributed by atoms with Gasteiger partial charge in [-0.1, -0.05) is 12.8 Å². The van der Waals surface area contributed by atoms with Gasteiger partial charge in [0.05, 0.1) is 6.04 Å². The molecule has 1 saturated carbocycles. The second-order valence-electron chi connectivity index (χ2n) is 7.08. The molecule has 0 bridgehead atoms. The topological polar surface area (TPSA) is 53.4 Å². The zero-order valence-electron chi connectivity index (χ0n) is 13.8. The van der Waals surface area contributed by atoms with E-state index < -0.39 is 0 Å². The molecule has 3 fully saturated rings. The van der Waals surface area contributed by atoms with Gasteiger partial charge in [-0.2, -0.15) is 5.10 Å². The Morgan fingerprint density at radius 1 is 1.09 bits per heavy atom. The van der Waals surface area contributed by atoms with Crippen LogP contribution in [0.5, 0.6) is 0 Å². The van der Waals surface area contributed by atoms with Crippen LogP contribution in [0.1, 0.15) is 48.6 Å². The molecular weight excluding hydrogens is 290 g/mol. The van der Waals surface area contributed by atoms with Crippen LogP contribution in [0.25, 0.3) is 0 Å². The Hall–Kier alpha value is -1.40. The van der Waals surface area contributed by atoms with Crippen LogP contribution in [0.3, 0.4) is 0 Å². The molecule has 4 rings (SSSR count). The first-order valence-electron chi connectivity index (χ1n) is 9.10. The van der Waals surface area contributed by atoms with Crippen molar-refractivity contribution in [1.82, 2.24) is 24.9 Å². The van der Waals surface area contributed by atoms with Crippen LogP contribution in [0.2, 0.25) is 0 Å². The maximum atomic E-state index is 12.9. The lowest BCUT2D eigenvalue weighted by atomic mass is 10.2. The fourth-order valence-corrected chi connectivity index (χ4v) is 4.36. The van der Waals surface area contributed by atoms with Gasteiger partial charge in [-0.15, -0.1) is 0 Å². The maximum Gasteiger partial charge on any atom is 0.272 e. The first kappa shape index (κ1) is 15.1. The number of carbonyl (C=O) groups excluding carboxylic acids is 1. The number of likely N-dealkylation sites (tertiary alicyclic amines) is 1. The second-order valence-corrected chi connectivity index (χ2v) is 7.08. The van der Waals surface area contributed by atoms with Gasteiger partial charge in [-0.25, -0.2) is 0 Å². The molecule has 6 nitrogen and oxygen atoms in total. The highest BCUT2D eigenvalue weighted by atomic mass is 16.2. The standard InChI is InChI=1S/C17H27N5O/c23-17(16-5-7-19-22(16)14-3-1-2-4-14)21-10-6-15(13-21)20-11-8-18-9-12-20/h5,7,14-15,18H,1-4,6,8-13H2. The number of carbonyl (C=O) groups is 1. The summed E-state index contributed by atoms with van der Waals surface area (Å²) in [6, 6.07) is 2.86. The average Bonchev–Trinajstić information content (AvgIpc) is 3.34. The summed E-state index contributed by atoms with van der Waals surface area (Å²) in [5, 5.41) is 7.85. The lowest BCUT2D eigenvalue weighted by molar-refractivity contribution is 0.0758. The van der Waals surface area contributed by atoms with Crippen LogP contribution < -0.4 is 5.32 Å². The molecule has 1 aromatic rings. The highest BCUT2D eigenvalue weighted by Crippen LogP contribution is 2.30. The predicted octanol–water partition coefficient (Wildman–Crippen LogP) is 1.12. The van der Waals surface area contributed by atoms with E-state index in [1.807, 2.05) is 15.6 Å². The van der Waals surface area contributed by atoms with E-state index in [4.69, 9.17) is 0 Å². The SMILES string of the molecule is O=C(c1ccnn1C1CCCC1)N1CCC(N2CCNCC2)C1. The minimum Gasteiger partial charge on any atom is -0.336 e. The zero-order valence-corrected chi connectivity index (χ0v) is 13.8. The van der Waals surface area contributed by atoms with E-state index in [9.17, 15) is 4.79 Å². The van der Waals surface area contributed by atoms with Crippen molar-refractivity contribution in [3.05, 3.63) is 18.0 Å². The van der Waals surface area contributed by atoms with E-state index in [-0.39, 0.29) is 5.91 Å². The summed E-state index contributed by atoms with van der Waals surface area (Å²) in [6.07, 6.45) is 7.72. The number of nitrogens with one attached hydrogen (secondary N) is 1. The molecule has 1 unspecified atom stereocenters. The monoisotopic (exact) mass is 317 g/mol. The minimum atomic E-state index is 0.173. The lowest BCUT2D eigenvalue weighted by Crippen LogP contribution is -2.49. The van der Waals surface area contributed by atoms with E-state index in [1.165, 1.54) is 12.8 Å². The summed E-state index contributed by atoms with van der Waals surface area (Å²) in [5.41, 5.74) is 0.790. The number of aromatic nitrogens is 2. The molecule has 23 heavy (non-hydrogen) atoms. The fraction of sp³-hybridized carbons (Fsp3) is 0.765. The van der Waals surface area contributed by atoms with Crippen LogP contribution in [-0.2, 0) is 0 Å². The van der Waals surface area contributed by atoms with Crippen LogP contribution >= 0.6 is 0 Å². The van der Waals surface area contributed by atoms with Gasteiger partial charge in [0.25, 0.3) is 5.91 Å². The smallest absolute Gasteiger partial charge is 0.272 e. The highest BCUT2D eigenvalue weighted by Gasteiger charge is 2.33. The third-order valence-corrected chi connectivity index (χ3v) is 5.68. The Morgan fingerprint density at radius 3 is 2.65 bits per heavy atom. The van der Waals surface area contributed by atoms with Crippen LogP contribution in [0, 0.1) is 0 Å². The Balaban J connectivity index is 1.42. The third kappa shape index (κ3) is 3.02. The Morgan fingerprint density at radius 2 is 1.87 bits per heavy atom. The predicted molar refractivity (Wildman–Crippen MR) is 88.5 cm³/mol. The molecule has 1 N–H and O–H groups in total. The first-order valence-corrected chi connectivity index (χ1v) is 9.10. The summed E-state index contributed by atoms with van der Waals surface area (Å²) < 4.78 is 1.99. The molecule has 3 aliphatic rings. The van der Waals surface area contributed by atoms with Gasteiger partial charge < -0.3 is 10.2 Å².